The van der Waals surface area contributed by atoms with Crippen LogP contribution in [0.5, 0.6) is 5.88 Å². The lowest BCUT2D eigenvalue weighted by Crippen LogP contribution is -2.09. The van der Waals surface area contributed by atoms with E-state index in [1.807, 2.05) is 13.0 Å². The largest absolute Gasteiger partial charge is 0.481 e. The molecule has 2 radical (unpaired) electrons. The lowest BCUT2D eigenvalue weighted by Gasteiger charge is -2.02. The molecule has 0 saturated heterocycles. The quantitative estimate of drug-likeness (QED) is 0.510. The van der Waals surface area contributed by atoms with Crippen LogP contribution >= 0.6 is 0 Å². The van der Waals surface area contributed by atoms with Crippen LogP contribution in [0.4, 0.5) is 0 Å². The van der Waals surface area contributed by atoms with Gasteiger partial charge in [-0.15, -0.1) is 0 Å². The second-order valence-electron chi connectivity index (χ2n) is 2.11. The maximum atomic E-state index is 5.54. The van der Waals surface area contributed by atoms with E-state index in [-0.39, 0.29) is 0 Å². The Labute approximate surface area is 61.6 Å². The summed E-state index contributed by atoms with van der Waals surface area (Å²) in [5.74, 6) is 0.491. The molecule has 0 aliphatic heterocycles. The molecule has 0 amide bonds. The zero-order valence-electron chi connectivity index (χ0n) is 6.09. The van der Waals surface area contributed by atoms with Gasteiger partial charge >= 0.3 is 0 Å². The summed E-state index contributed by atoms with van der Waals surface area (Å²) in [4.78, 5) is 3.95. The van der Waals surface area contributed by atoms with E-state index < -0.39 is 0 Å². The average molecular weight is 133 g/mol. The minimum atomic E-state index is 0.491. The maximum Gasteiger partial charge on any atom is 0.205 e. The molecule has 1 heterocycles. The molecule has 0 saturated carbocycles. The van der Waals surface area contributed by atoms with Crippen LogP contribution in [-0.2, 0) is 0 Å². The summed E-state index contributed by atoms with van der Waals surface area (Å²) in [5.41, 5.74) is 1.63. The molecule has 0 spiro atoms. The van der Waals surface area contributed by atoms with Crippen molar-refractivity contribution in [1.29, 1.82) is 0 Å². The molecule has 10 heavy (non-hydrogen) atoms. The van der Waals surface area contributed by atoms with Crippen molar-refractivity contribution in [2.75, 3.05) is 7.11 Å². The van der Waals surface area contributed by atoms with Gasteiger partial charge in [0.1, 0.15) is 7.85 Å². The summed E-state index contributed by atoms with van der Waals surface area (Å²) < 4.78 is 4.86. The van der Waals surface area contributed by atoms with E-state index in [1.54, 1.807) is 13.3 Å². The second-order valence-corrected chi connectivity index (χ2v) is 2.11. The summed E-state index contributed by atoms with van der Waals surface area (Å²) in [6, 6.07) is 1.83. The van der Waals surface area contributed by atoms with E-state index in [0.29, 0.717) is 11.3 Å². The topological polar surface area (TPSA) is 22.1 Å². The zero-order valence-corrected chi connectivity index (χ0v) is 6.09. The lowest BCUT2D eigenvalue weighted by atomic mass is 9.96. The van der Waals surface area contributed by atoms with Gasteiger partial charge in [0.25, 0.3) is 0 Å². The van der Waals surface area contributed by atoms with Gasteiger partial charge in [-0.2, -0.15) is 0 Å². The van der Waals surface area contributed by atoms with E-state index in [9.17, 15) is 0 Å². The lowest BCUT2D eigenvalue weighted by molar-refractivity contribution is 0.401. The van der Waals surface area contributed by atoms with Crippen LogP contribution in [-0.4, -0.2) is 19.9 Å². The van der Waals surface area contributed by atoms with Gasteiger partial charge in [0, 0.05) is 6.20 Å². The number of pyridine rings is 1. The predicted octanol–water partition coefficient (Wildman–Crippen LogP) is 0.192. The fourth-order valence-corrected chi connectivity index (χ4v) is 0.750. The molecule has 0 unspecified atom stereocenters. The third kappa shape index (κ3) is 1.29. The molecule has 2 nitrogen and oxygen atoms in total. The third-order valence-electron chi connectivity index (χ3n) is 1.21. The molecule has 1 aromatic rings. The molecule has 50 valence electrons. The van der Waals surface area contributed by atoms with Gasteiger partial charge in [-0.05, 0) is 17.9 Å². The first-order chi connectivity index (χ1) is 4.74. The Hall–Kier alpha value is -0.985. The monoisotopic (exact) mass is 133 g/mol. The van der Waals surface area contributed by atoms with Crippen LogP contribution in [0.25, 0.3) is 0 Å². The highest BCUT2D eigenvalue weighted by molar-refractivity contribution is 6.33. The minimum absolute atomic E-state index is 0.491. The number of aryl methyl sites for hydroxylation is 1. The molecule has 1 rings (SSSR count). The highest BCUT2D eigenvalue weighted by Crippen LogP contribution is 2.00. The first-order valence-corrected chi connectivity index (χ1v) is 3.00. The Balaban J connectivity index is 3.07. The zero-order chi connectivity index (χ0) is 7.56. The van der Waals surface area contributed by atoms with E-state index in [2.05, 4.69) is 4.98 Å². The van der Waals surface area contributed by atoms with E-state index in [0.717, 1.165) is 5.56 Å². The molecule has 0 bridgehead atoms. The molecule has 0 N–H and O–H groups in total. The smallest absolute Gasteiger partial charge is 0.205 e. The van der Waals surface area contributed by atoms with Crippen molar-refractivity contribution in [3.63, 3.8) is 0 Å². The maximum absolute atomic E-state index is 5.54. The van der Waals surface area contributed by atoms with Gasteiger partial charge in [0.05, 0.1) is 7.11 Å². The fraction of sp³-hybridized carbons (Fsp3) is 0.286. The Bertz CT molecular complexity index is 237. The van der Waals surface area contributed by atoms with Crippen LogP contribution in [0.1, 0.15) is 5.56 Å². The van der Waals surface area contributed by atoms with Gasteiger partial charge in [-0.1, -0.05) is 6.07 Å². The normalized spacial score (nSPS) is 9.40. The van der Waals surface area contributed by atoms with E-state index in [4.69, 9.17) is 12.6 Å². The number of nitrogens with zero attached hydrogens (tertiary/aromatic N) is 1. The standard InChI is InChI=1S/C7H8BNO/c1-5-3-6(8)7(10-2)9-4-5/h3-4H,1-2H3. The van der Waals surface area contributed by atoms with Gasteiger partial charge in [0.2, 0.25) is 5.88 Å². The second kappa shape index (κ2) is 2.73. The summed E-state index contributed by atoms with van der Waals surface area (Å²) in [7, 11) is 7.09. The van der Waals surface area contributed by atoms with E-state index in [1.165, 1.54) is 0 Å². The average Bonchev–Trinajstić information content (AvgIpc) is 1.88. The van der Waals surface area contributed by atoms with Crippen LogP contribution < -0.4 is 10.2 Å². The highest BCUT2D eigenvalue weighted by Gasteiger charge is 1.96. The molecule has 3 heteroatoms. The SMILES string of the molecule is [B]c1cc(C)cnc1OC. The molecule has 0 aliphatic rings. The Morgan fingerprint density at radius 3 is 2.80 bits per heavy atom. The Kier molecular flexibility index (Phi) is 1.95. The van der Waals surface area contributed by atoms with Gasteiger partial charge in [0.15, 0.2) is 0 Å². The van der Waals surface area contributed by atoms with Crippen molar-refractivity contribution in [3.8, 4) is 5.88 Å². The highest BCUT2D eigenvalue weighted by atomic mass is 16.5. The summed E-state index contributed by atoms with van der Waals surface area (Å²) >= 11 is 0. The van der Waals surface area contributed by atoms with E-state index >= 15 is 0 Å². The van der Waals surface area contributed by atoms with Crippen molar-refractivity contribution >= 4 is 13.3 Å². The number of aromatic nitrogens is 1. The van der Waals surface area contributed by atoms with Crippen molar-refractivity contribution in [3.05, 3.63) is 17.8 Å². The molecule has 0 aromatic carbocycles. The first-order valence-electron chi connectivity index (χ1n) is 3.00. The van der Waals surface area contributed by atoms with Crippen molar-refractivity contribution < 1.29 is 4.74 Å². The first kappa shape index (κ1) is 7.13. The van der Waals surface area contributed by atoms with Crippen LogP contribution in [0.15, 0.2) is 12.3 Å². The third-order valence-corrected chi connectivity index (χ3v) is 1.21. The molecular weight excluding hydrogens is 125 g/mol. The molecule has 1 aromatic heterocycles. The Morgan fingerprint density at radius 2 is 2.30 bits per heavy atom. The number of hydrogen-bond donors (Lipinski definition) is 0. The number of methoxy groups -OCH3 is 1. The molecule has 0 atom stereocenters. The number of rotatable bonds is 1. The van der Waals surface area contributed by atoms with Crippen molar-refractivity contribution in [2.45, 2.75) is 6.92 Å². The fourth-order valence-electron chi connectivity index (χ4n) is 0.750. The summed E-state index contributed by atoms with van der Waals surface area (Å²) in [5, 5.41) is 0. The van der Waals surface area contributed by atoms with Gasteiger partial charge < -0.3 is 4.74 Å². The summed E-state index contributed by atoms with van der Waals surface area (Å²) in [6.45, 7) is 1.93. The number of ether oxygens (including phenoxy) is 1. The predicted molar refractivity (Wildman–Crippen MR) is 40.9 cm³/mol. The van der Waals surface area contributed by atoms with Crippen LogP contribution in [0.2, 0.25) is 0 Å². The molecular formula is C7H8BNO. The van der Waals surface area contributed by atoms with Crippen molar-refractivity contribution in [1.82, 2.24) is 4.98 Å². The van der Waals surface area contributed by atoms with Crippen LogP contribution in [0.3, 0.4) is 0 Å². The van der Waals surface area contributed by atoms with Crippen molar-refractivity contribution in [2.24, 2.45) is 0 Å². The van der Waals surface area contributed by atoms with Gasteiger partial charge in [-0.25, -0.2) is 4.98 Å². The minimum Gasteiger partial charge on any atom is -0.481 e. The van der Waals surface area contributed by atoms with Gasteiger partial charge in [-0.3, -0.25) is 0 Å². The molecule has 0 aliphatic carbocycles. The Morgan fingerprint density at radius 1 is 1.60 bits per heavy atom. The molecule has 0 fully saturated rings. The number of hydrogen-bond acceptors (Lipinski definition) is 2. The van der Waals surface area contributed by atoms with Crippen LogP contribution in [0, 0.1) is 6.92 Å². The summed E-state index contributed by atoms with van der Waals surface area (Å²) in [6.07, 6.45) is 1.72.